The molecule has 0 aliphatic heterocycles. The molecule has 1 aliphatic rings. The molecule has 0 saturated heterocycles. The summed E-state index contributed by atoms with van der Waals surface area (Å²) in [5.74, 6) is 0. The van der Waals surface area contributed by atoms with Crippen LogP contribution < -0.4 is 26.6 Å². The van der Waals surface area contributed by atoms with Gasteiger partial charge < -0.3 is 10.3 Å². The van der Waals surface area contributed by atoms with E-state index in [1.165, 1.54) is 76.3 Å². The van der Waals surface area contributed by atoms with Gasteiger partial charge in [-0.25, -0.2) is 3.11 Å². The number of nitrogens with zero attached hydrogens (tertiary/aromatic N) is 2. The number of fused-ring (bicyclic) bond motifs is 6. The van der Waals surface area contributed by atoms with E-state index < -0.39 is 14.2 Å². The minimum Gasteiger partial charge on any atom is -0.311 e. The van der Waals surface area contributed by atoms with Crippen LogP contribution in [0, 0.1) is 0 Å². The van der Waals surface area contributed by atoms with Crippen molar-refractivity contribution in [2.45, 2.75) is 24.3 Å². The molecule has 2 unspecified atom stereocenters. The number of hydrogen-bond donors (Lipinski definition) is 2. The smallest absolute Gasteiger partial charge is 0.154 e. The van der Waals surface area contributed by atoms with Crippen molar-refractivity contribution < 1.29 is 0 Å². The van der Waals surface area contributed by atoms with Crippen LogP contribution in [-0.2, 0) is 12.0 Å². The van der Waals surface area contributed by atoms with E-state index in [0.29, 0.717) is 6.54 Å². The van der Waals surface area contributed by atoms with Crippen molar-refractivity contribution in [1.82, 2.24) is 13.0 Å². The van der Waals surface area contributed by atoms with Gasteiger partial charge in [0.05, 0.1) is 28.8 Å². The van der Waals surface area contributed by atoms with Crippen LogP contribution in [0.4, 0.5) is 0 Å². The van der Waals surface area contributed by atoms with Gasteiger partial charge in [0.25, 0.3) is 0 Å². The first-order valence-electron chi connectivity index (χ1n) is 24.0. The second-order valence-corrected chi connectivity index (χ2v) is 21.8. The highest BCUT2D eigenvalue weighted by molar-refractivity contribution is 14.1. The highest BCUT2D eigenvalue weighted by Gasteiger charge is 2.46. The standard InChI is InChI=1S/C64H50IN4Si/c65-69(62(66)47-25-21-35-53(41-47)70(51-31-12-4-13-32-51)52-33-14-5-15-34-52)63(46-23-6-1-7-24-46)67-44-45-22-20-30-50(40-45)68-60-39-19-17-37-55(60)57-42-56-54-36-16-18-38-58(54)64(59(56)43-61(57)68,48-26-8-2-9-27-48)49-28-10-3-11-29-49/h1-43,62-63,67H,44,66H2. The lowest BCUT2D eigenvalue weighted by Crippen LogP contribution is -2.52. The number of benzene rings is 10. The maximum absolute atomic E-state index is 7.33. The second-order valence-electron chi connectivity index (χ2n) is 18.2. The third kappa shape index (κ3) is 7.73. The van der Waals surface area contributed by atoms with Crippen LogP contribution in [0.15, 0.2) is 261 Å². The number of halogens is 1. The van der Waals surface area contributed by atoms with Crippen LogP contribution in [0.5, 0.6) is 0 Å². The predicted molar refractivity (Wildman–Crippen MR) is 301 cm³/mol. The topological polar surface area (TPSA) is 46.2 Å². The Morgan fingerprint density at radius 1 is 0.471 bits per heavy atom. The van der Waals surface area contributed by atoms with E-state index in [2.05, 4.69) is 297 Å². The molecule has 12 rings (SSSR count). The zero-order chi connectivity index (χ0) is 47.0. The molecule has 0 spiro atoms. The van der Waals surface area contributed by atoms with Gasteiger partial charge in [0.1, 0.15) is 0 Å². The number of hydrogen-bond acceptors (Lipinski definition) is 3. The van der Waals surface area contributed by atoms with Crippen LogP contribution >= 0.6 is 22.9 Å². The maximum atomic E-state index is 7.33. The number of aromatic nitrogens is 1. The molecule has 1 heterocycles. The molecule has 1 radical (unpaired) electrons. The van der Waals surface area contributed by atoms with Gasteiger partial charge in [0.2, 0.25) is 0 Å². The fraction of sp³-hybridized carbons (Fsp3) is 0.0625. The van der Waals surface area contributed by atoms with Crippen molar-refractivity contribution in [3.05, 3.63) is 300 Å². The third-order valence-electron chi connectivity index (χ3n) is 14.2. The fourth-order valence-electron chi connectivity index (χ4n) is 11.1. The molecule has 2 atom stereocenters. The number of nitrogens with two attached hydrogens (primary N) is 1. The molecule has 337 valence electrons. The van der Waals surface area contributed by atoms with Crippen molar-refractivity contribution in [3.63, 3.8) is 0 Å². The quantitative estimate of drug-likeness (QED) is 0.0398. The van der Waals surface area contributed by atoms with Gasteiger partial charge in [-0.15, -0.1) is 0 Å². The van der Waals surface area contributed by atoms with Gasteiger partial charge in [-0.2, -0.15) is 0 Å². The van der Waals surface area contributed by atoms with Crippen molar-refractivity contribution >= 4 is 69.0 Å². The highest BCUT2D eigenvalue weighted by atomic mass is 127. The molecule has 0 amide bonds. The van der Waals surface area contributed by atoms with Crippen LogP contribution in [0.2, 0.25) is 0 Å². The summed E-state index contributed by atoms with van der Waals surface area (Å²) in [6, 6.07) is 95.4. The van der Waals surface area contributed by atoms with Crippen LogP contribution in [0.1, 0.15) is 51.3 Å². The Kier molecular flexibility index (Phi) is 11.9. The molecule has 6 heteroatoms. The SMILES string of the molecule is NC(c1cccc([Si](c2ccccc2)c2ccccc2)c1)N(I)C(NCc1cccc(-n2c3ccccc3c3cc4c(cc32)C(c2ccccc2)(c2ccccc2)c2ccccc2-4)c1)c1ccccc1. The summed E-state index contributed by atoms with van der Waals surface area (Å²) in [4.78, 5) is 0. The molecule has 0 saturated carbocycles. The van der Waals surface area contributed by atoms with E-state index in [1.807, 2.05) is 0 Å². The average Bonchev–Trinajstić information content (AvgIpc) is 3.91. The molecule has 70 heavy (non-hydrogen) atoms. The summed E-state index contributed by atoms with van der Waals surface area (Å²) in [6.45, 7) is 0.627. The van der Waals surface area contributed by atoms with E-state index in [0.717, 1.165) is 16.8 Å². The van der Waals surface area contributed by atoms with E-state index in [1.54, 1.807) is 0 Å². The Morgan fingerprint density at radius 3 is 1.71 bits per heavy atom. The van der Waals surface area contributed by atoms with Gasteiger partial charge in [-0.3, -0.25) is 5.32 Å². The molecule has 1 aromatic heterocycles. The van der Waals surface area contributed by atoms with Gasteiger partial charge in [-0.05, 0) is 80.4 Å². The molecular formula is C64H50IN4Si. The molecule has 0 bridgehead atoms. The molecular weight excluding hydrogens is 980 g/mol. The molecule has 4 nitrogen and oxygen atoms in total. The summed E-state index contributed by atoms with van der Waals surface area (Å²) in [7, 11) is -1.27. The van der Waals surface area contributed by atoms with Crippen molar-refractivity contribution in [2.75, 3.05) is 0 Å². The molecule has 10 aromatic carbocycles. The Balaban J connectivity index is 0.916. The van der Waals surface area contributed by atoms with Crippen LogP contribution in [0.3, 0.4) is 0 Å². The lowest BCUT2D eigenvalue weighted by atomic mass is 9.67. The summed E-state index contributed by atoms with van der Waals surface area (Å²) in [6.07, 6.45) is -0.567. The van der Waals surface area contributed by atoms with Crippen molar-refractivity contribution in [2.24, 2.45) is 5.73 Å². The summed E-state index contributed by atoms with van der Waals surface area (Å²) in [5, 5.41) is 10.5. The Hall–Kier alpha value is -7.17. The average molecular weight is 1030 g/mol. The van der Waals surface area contributed by atoms with Gasteiger partial charge in [0.15, 0.2) is 8.80 Å². The van der Waals surface area contributed by atoms with E-state index in [-0.39, 0.29) is 12.3 Å². The first-order chi connectivity index (χ1) is 34.6. The van der Waals surface area contributed by atoms with E-state index in [4.69, 9.17) is 5.73 Å². The first kappa shape index (κ1) is 44.1. The zero-order valence-electron chi connectivity index (χ0n) is 38.5. The fourth-order valence-corrected chi connectivity index (χ4v) is 14.5. The Morgan fingerprint density at radius 2 is 1.03 bits per heavy atom. The molecule has 1 aliphatic carbocycles. The summed E-state index contributed by atoms with van der Waals surface area (Å²) < 4.78 is 4.71. The summed E-state index contributed by atoms with van der Waals surface area (Å²) in [5.41, 5.74) is 21.4. The van der Waals surface area contributed by atoms with Crippen LogP contribution in [0.25, 0.3) is 38.6 Å². The normalized spacial score (nSPS) is 13.7. The largest absolute Gasteiger partial charge is 0.311 e. The minimum atomic E-state index is -1.27. The minimum absolute atomic E-state index is 0.182. The van der Waals surface area contributed by atoms with Crippen molar-refractivity contribution in [3.8, 4) is 16.8 Å². The molecule has 0 fully saturated rings. The number of para-hydroxylation sites is 1. The van der Waals surface area contributed by atoms with Crippen molar-refractivity contribution in [1.29, 1.82) is 0 Å². The lowest BCUT2D eigenvalue weighted by molar-refractivity contribution is 0.266. The number of nitrogens with one attached hydrogen (secondary N) is 1. The van der Waals surface area contributed by atoms with E-state index in [9.17, 15) is 0 Å². The highest BCUT2D eigenvalue weighted by Crippen LogP contribution is 2.57. The van der Waals surface area contributed by atoms with E-state index >= 15 is 0 Å². The maximum Gasteiger partial charge on any atom is 0.154 e. The zero-order valence-corrected chi connectivity index (χ0v) is 41.7. The Labute approximate surface area is 425 Å². The van der Waals surface area contributed by atoms with Crippen LogP contribution in [-0.4, -0.2) is 16.5 Å². The number of rotatable bonds is 13. The molecule has 11 aromatic rings. The van der Waals surface area contributed by atoms with Gasteiger partial charge in [0, 0.05) is 45.9 Å². The summed E-state index contributed by atoms with van der Waals surface area (Å²) >= 11 is 2.44. The third-order valence-corrected chi connectivity index (χ3v) is 18.1. The van der Waals surface area contributed by atoms with Gasteiger partial charge in [-0.1, -0.05) is 246 Å². The lowest BCUT2D eigenvalue weighted by Gasteiger charge is -2.34. The monoisotopic (exact) mass is 1030 g/mol. The molecule has 3 N–H and O–H groups in total. The Bertz CT molecular complexity index is 3520. The van der Waals surface area contributed by atoms with Gasteiger partial charge >= 0.3 is 0 Å². The second kappa shape index (κ2) is 19.0. The first-order valence-corrected chi connectivity index (χ1v) is 26.5. The predicted octanol–water partition coefficient (Wildman–Crippen LogP) is 12.8.